The molecule has 0 aromatic heterocycles. The predicted molar refractivity (Wildman–Crippen MR) is 102 cm³/mol. The fraction of sp³-hybridized carbons (Fsp3) is 0.632. The van der Waals surface area contributed by atoms with Gasteiger partial charge in [-0.3, -0.25) is 14.4 Å². The molecule has 0 atom stereocenters. The minimum absolute atomic E-state index is 0.0816. The van der Waals surface area contributed by atoms with E-state index in [0.29, 0.717) is 31.6 Å². The van der Waals surface area contributed by atoms with Gasteiger partial charge in [0.2, 0.25) is 5.91 Å². The first-order valence-electron chi connectivity index (χ1n) is 9.00. The Kier molecular flexibility index (Phi) is 11.0. The first-order chi connectivity index (χ1) is 12.0. The molecule has 1 amide bonds. The molecular weight excluding hydrogens is 338 g/mol. The van der Waals surface area contributed by atoms with Crippen molar-refractivity contribution in [3.63, 3.8) is 0 Å². The summed E-state index contributed by atoms with van der Waals surface area (Å²) in [6.07, 6.45) is 12.1. The predicted octanol–water partition coefficient (Wildman–Crippen LogP) is 3.80. The molecule has 1 aliphatic rings. The Morgan fingerprint density at radius 1 is 1.24 bits per heavy atom. The summed E-state index contributed by atoms with van der Waals surface area (Å²) >= 11 is 1.32. The number of amides is 1. The number of carbonyl (C=O) groups is 3. The Balaban J connectivity index is 2.47. The van der Waals surface area contributed by atoms with Crippen LogP contribution in [0.3, 0.4) is 0 Å². The molecule has 1 rings (SSSR count). The molecule has 0 aromatic rings. The Labute approximate surface area is 154 Å². The molecular formula is C19H29NO4S. The molecule has 1 aliphatic heterocycles. The second-order valence-electron chi connectivity index (χ2n) is 6.13. The largest absolute Gasteiger partial charge is 0.481 e. The van der Waals surface area contributed by atoms with E-state index in [0.717, 1.165) is 37.8 Å². The number of hydrogen-bond donors (Lipinski definition) is 1. The van der Waals surface area contributed by atoms with Crippen LogP contribution >= 0.6 is 11.8 Å². The summed E-state index contributed by atoms with van der Waals surface area (Å²) in [5.41, 5.74) is 0.947. The van der Waals surface area contributed by atoms with Gasteiger partial charge in [-0.15, -0.1) is 11.8 Å². The number of aliphatic carboxylic acids is 1. The van der Waals surface area contributed by atoms with Gasteiger partial charge < -0.3 is 10.0 Å². The van der Waals surface area contributed by atoms with Gasteiger partial charge in [-0.1, -0.05) is 38.0 Å². The highest BCUT2D eigenvalue weighted by Crippen LogP contribution is 2.22. The van der Waals surface area contributed by atoms with E-state index in [9.17, 15) is 14.4 Å². The van der Waals surface area contributed by atoms with Crippen molar-refractivity contribution in [3.8, 4) is 0 Å². The van der Waals surface area contributed by atoms with Gasteiger partial charge in [0.25, 0.3) is 0 Å². The molecule has 0 radical (unpaired) electrons. The number of carboxylic acids is 1. The number of Topliss-reactive ketones (excluding diaryl/α,β-unsaturated/α-hetero) is 1. The summed E-state index contributed by atoms with van der Waals surface area (Å²) in [5.74, 6) is 0.207. The van der Waals surface area contributed by atoms with Gasteiger partial charge in [-0.2, -0.15) is 0 Å². The van der Waals surface area contributed by atoms with E-state index in [-0.39, 0.29) is 17.4 Å². The number of carbonyl (C=O) groups excluding carboxylic acids is 2. The van der Waals surface area contributed by atoms with Gasteiger partial charge in [0.1, 0.15) is 5.78 Å². The zero-order valence-electron chi connectivity index (χ0n) is 15.0. The molecule has 0 bridgehead atoms. The lowest BCUT2D eigenvalue weighted by Gasteiger charge is -2.29. The molecule has 1 N–H and O–H groups in total. The molecule has 0 spiro atoms. The molecule has 0 unspecified atom stereocenters. The highest BCUT2D eigenvalue weighted by molar-refractivity contribution is 8.00. The van der Waals surface area contributed by atoms with E-state index < -0.39 is 5.97 Å². The third-order valence-electron chi connectivity index (χ3n) is 3.99. The van der Waals surface area contributed by atoms with Crippen LogP contribution in [0, 0.1) is 0 Å². The minimum Gasteiger partial charge on any atom is -0.481 e. The van der Waals surface area contributed by atoms with E-state index in [1.54, 1.807) is 4.90 Å². The van der Waals surface area contributed by atoms with Crippen molar-refractivity contribution >= 4 is 29.4 Å². The first kappa shape index (κ1) is 21.5. The molecule has 6 heteroatoms. The first-order valence-corrected chi connectivity index (χ1v) is 10.2. The van der Waals surface area contributed by atoms with E-state index in [2.05, 4.69) is 6.92 Å². The van der Waals surface area contributed by atoms with Crippen LogP contribution in [0.25, 0.3) is 0 Å². The van der Waals surface area contributed by atoms with Crippen molar-refractivity contribution in [1.82, 2.24) is 4.90 Å². The van der Waals surface area contributed by atoms with Gasteiger partial charge >= 0.3 is 5.97 Å². The normalized spacial score (nSPS) is 16.8. The average Bonchev–Trinajstić information content (AvgIpc) is 2.57. The van der Waals surface area contributed by atoms with Crippen molar-refractivity contribution in [1.29, 1.82) is 0 Å². The third-order valence-corrected chi connectivity index (χ3v) is 4.87. The third kappa shape index (κ3) is 9.48. The summed E-state index contributed by atoms with van der Waals surface area (Å²) < 4.78 is 0. The van der Waals surface area contributed by atoms with Crippen LogP contribution in [0.15, 0.2) is 23.9 Å². The number of thioether (sulfide) groups is 1. The summed E-state index contributed by atoms with van der Waals surface area (Å²) in [6, 6.07) is 0. The Morgan fingerprint density at radius 3 is 2.76 bits per heavy atom. The summed E-state index contributed by atoms with van der Waals surface area (Å²) in [7, 11) is 0. The maximum atomic E-state index is 12.2. The van der Waals surface area contributed by atoms with Crippen LogP contribution in [-0.4, -0.2) is 45.7 Å². The highest BCUT2D eigenvalue weighted by Gasteiger charge is 2.21. The zero-order chi connectivity index (χ0) is 18.5. The fourth-order valence-corrected chi connectivity index (χ4v) is 3.21. The number of rotatable bonds is 12. The second kappa shape index (κ2) is 12.8. The molecule has 5 nitrogen and oxygen atoms in total. The number of piperidine rings is 1. The summed E-state index contributed by atoms with van der Waals surface area (Å²) in [5, 5.41) is 8.58. The monoisotopic (exact) mass is 367 g/mol. The Morgan fingerprint density at radius 2 is 2.04 bits per heavy atom. The van der Waals surface area contributed by atoms with Gasteiger partial charge in [0.15, 0.2) is 0 Å². The van der Waals surface area contributed by atoms with Crippen molar-refractivity contribution in [2.45, 2.75) is 58.3 Å². The van der Waals surface area contributed by atoms with Crippen LogP contribution < -0.4 is 0 Å². The number of carboxylic acid groups (broad SMARTS) is 1. The minimum atomic E-state index is -0.821. The molecule has 1 fully saturated rings. The van der Waals surface area contributed by atoms with E-state index in [4.69, 9.17) is 5.11 Å². The summed E-state index contributed by atoms with van der Waals surface area (Å²) in [6.45, 7) is 2.61. The number of unbranched alkanes of at least 4 members (excludes halogenated alkanes) is 2. The Bertz CT molecular complexity index is 514. The van der Waals surface area contributed by atoms with Crippen molar-refractivity contribution < 1.29 is 19.5 Å². The molecule has 140 valence electrons. The SMILES string of the molecule is CCCCCC(=O)CC=C1CCCC(=O)N1C/C=C\CSCC(=O)O. The standard InChI is InChI=1S/C19H29NO4S/c1-2-3-4-9-17(21)12-11-16-8-7-10-18(22)20(16)13-5-6-14-25-15-19(23)24/h5-6,11H,2-4,7-10,12-15H2,1H3,(H,23,24)/b6-5-,16-11?. The van der Waals surface area contributed by atoms with Crippen LogP contribution in [-0.2, 0) is 14.4 Å². The van der Waals surface area contributed by atoms with Crippen LogP contribution in [0.2, 0.25) is 0 Å². The van der Waals surface area contributed by atoms with Crippen LogP contribution in [0.1, 0.15) is 58.3 Å². The van der Waals surface area contributed by atoms with Crippen LogP contribution in [0.5, 0.6) is 0 Å². The molecule has 1 heterocycles. The topological polar surface area (TPSA) is 74.7 Å². The van der Waals surface area contributed by atoms with Gasteiger partial charge in [0, 0.05) is 37.3 Å². The quantitative estimate of drug-likeness (QED) is 0.419. The smallest absolute Gasteiger partial charge is 0.313 e. The van der Waals surface area contributed by atoms with E-state index in [1.807, 2.05) is 18.2 Å². The average molecular weight is 368 g/mol. The molecule has 1 saturated heterocycles. The van der Waals surface area contributed by atoms with Crippen LogP contribution in [0.4, 0.5) is 0 Å². The summed E-state index contributed by atoms with van der Waals surface area (Å²) in [4.78, 5) is 36.3. The van der Waals surface area contributed by atoms with Crippen molar-refractivity contribution in [2.24, 2.45) is 0 Å². The second-order valence-corrected chi connectivity index (χ2v) is 7.16. The lowest BCUT2D eigenvalue weighted by Crippen LogP contribution is -2.33. The van der Waals surface area contributed by atoms with Crippen molar-refractivity contribution in [2.75, 3.05) is 18.1 Å². The maximum absolute atomic E-state index is 12.2. The van der Waals surface area contributed by atoms with Gasteiger partial charge in [-0.05, 0) is 19.3 Å². The fourth-order valence-electron chi connectivity index (χ4n) is 2.65. The molecule has 25 heavy (non-hydrogen) atoms. The maximum Gasteiger partial charge on any atom is 0.313 e. The van der Waals surface area contributed by atoms with Gasteiger partial charge in [-0.25, -0.2) is 0 Å². The number of ketones is 1. The zero-order valence-corrected chi connectivity index (χ0v) is 15.9. The Hall–Kier alpha value is -1.56. The van der Waals surface area contributed by atoms with E-state index in [1.165, 1.54) is 11.8 Å². The van der Waals surface area contributed by atoms with Crippen molar-refractivity contribution in [3.05, 3.63) is 23.9 Å². The van der Waals surface area contributed by atoms with E-state index >= 15 is 0 Å². The lowest BCUT2D eigenvalue weighted by atomic mass is 10.0. The molecule has 0 saturated carbocycles. The van der Waals surface area contributed by atoms with Gasteiger partial charge in [0.05, 0.1) is 5.75 Å². The number of nitrogens with zero attached hydrogens (tertiary/aromatic N) is 1. The number of likely N-dealkylation sites (tertiary alicyclic amines) is 1. The number of allylic oxidation sites excluding steroid dienone is 2. The lowest BCUT2D eigenvalue weighted by molar-refractivity contribution is -0.134. The molecule has 0 aromatic carbocycles. The molecule has 0 aliphatic carbocycles. The number of hydrogen-bond acceptors (Lipinski definition) is 4. The highest BCUT2D eigenvalue weighted by atomic mass is 32.2.